The normalized spacial score (nSPS) is 10.6. The Bertz CT molecular complexity index is 863. The van der Waals surface area contributed by atoms with Crippen LogP contribution in [0.3, 0.4) is 0 Å². The molecule has 0 aliphatic heterocycles. The first kappa shape index (κ1) is 14.1. The third-order valence-electron chi connectivity index (χ3n) is 3.09. The molecule has 0 saturated heterocycles. The van der Waals surface area contributed by atoms with Gasteiger partial charge in [0.2, 0.25) is 11.6 Å². The van der Waals surface area contributed by atoms with Crippen LogP contribution >= 0.6 is 11.3 Å². The van der Waals surface area contributed by atoms with Crippen molar-refractivity contribution >= 4 is 44.0 Å². The Balaban J connectivity index is 2.05. The summed E-state index contributed by atoms with van der Waals surface area (Å²) < 4.78 is 1.01. The van der Waals surface area contributed by atoms with Crippen LogP contribution in [0.25, 0.3) is 10.2 Å². The van der Waals surface area contributed by atoms with Crippen molar-refractivity contribution in [3.63, 3.8) is 0 Å². The predicted molar refractivity (Wildman–Crippen MR) is 85.9 cm³/mol. The highest BCUT2D eigenvalue weighted by molar-refractivity contribution is 7.22. The van der Waals surface area contributed by atoms with Crippen molar-refractivity contribution in [1.29, 1.82) is 0 Å². The zero-order chi connectivity index (χ0) is 15.7. The van der Waals surface area contributed by atoms with Gasteiger partial charge in [0.25, 0.3) is 0 Å². The molecule has 0 fully saturated rings. The van der Waals surface area contributed by atoms with Crippen LogP contribution in [0.1, 0.15) is 5.56 Å². The van der Waals surface area contributed by atoms with Crippen molar-refractivity contribution in [1.82, 2.24) is 15.0 Å². The highest BCUT2D eigenvalue weighted by Gasteiger charge is 2.23. The van der Waals surface area contributed by atoms with Crippen LogP contribution in [0, 0.1) is 17.0 Å². The summed E-state index contributed by atoms with van der Waals surface area (Å²) in [5, 5.41) is 17.4. The molecule has 0 atom stereocenters. The number of benzene rings is 1. The molecule has 3 aromatic rings. The quantitative estimate of drug-likeness (QED) is 0.562. The van der Waals surface area contributed by atoms with Gasteiger partial charge in [0.1, 0.15) is 6.33 Å². The van der Waals surface area contributed by atoms with E-state index in [1.165, 1.54) is 17.7 Å². The van der Waals surface area contributed by atoms with E-state index in [1.807, 2.05) is 25.1 Å². The smallest absolute Gasteiger partial charge is 0.353 e. The molecule has 0 bridgehead atoms. The van der Waals surface area contributed by atoms with Crippen molar-refractivity contribution in [2.24, 2.45) is 0 Å². The summed E-state index contributed by atoms with van der Waals surface area (Å²) in [6, 6.07) is 5.88. The average Bonchev–Trinajstić information content (AvgIpc) is 2.90. The van der Waals surface area contributed by atoms with Gasteiger partial charge in [-0.15, -0.1) is 0 Å². The number of anilines is 3. The van der Waals surface area contributed by atoms with Crippen LogP contribution in [0.15, 0.2) is 24.5 Å². The van der Waals surface area contributed by atoms with Gasteiger partial charge in [-0.25, -0.2) is 15.0 Å². The molecule has 0 aliphatic rings. The number of hydrogen-bond donors (Lipinski definition) is 2. The van der Waals surface area contributed by atoms with Crippen molar-refractivity contribution < 1.29 is 4.92 Å². The molecule has 2 aromatic heterocycles. The Morgan fingerprint density at radius 3 is 2.73 bits per heavy atom. The van der Waals surface area contributed by atoms with Crippen molar-refractivity contribution in [2.75, 3.05) is 17.7 Å². The maximum absolute atomic E-state index is 11.2. The molecule has 0 unspecified atom stereocenters. The number of thiazole rings is 1. The van der Waals surface area contributed by atoms with Gasteiger partial charge in [-0.1, -0.05) is 23.5 Å². The number of hydrogen-bond acceptors (Lipinski definition) is 8. The fraction of sp³-hybridized carbons (Fsp3) is 0.154. The summed E-state index contributed by atoms with van der Waals surface area (Å²) >= 11 is 1.41. The monoisotopic (exact) mass is 316 g/mol. The Labute approximate surface area is 129 Å². The summed E-state index contributed by atoms with van der Waals surface area (Å²) in [6.07, 6.45) is 1.26. The lowest BCUT2D eigenvalue weighted by atomic mass is 10.2. The first-order chi connectivity index (χ1) is 10.6. The molecule has 112 valence electrons. The summed E-state index contributed by atoms with van der Waals surface area (Å²) in [7, 11) is 1.57. The molecule has 0 spiro atoms. The molecule has 0 amide bonds. The zero-order valence-corrected chi connectivity index (χ0v) is 12.6. The van der Waals surface area contributed by atoms with E-state index in [1.54, 1.807) is 7.05 Å². The van der Waals surface area contributed by atoms with Gasteiger partial charge >= 0.3 is 5.69 Å². The van der Waals surface area contributed by atoms with Crippen LogP contribution in [-0.4, -0.2) is 26.9 Å². The average molecular weight is 316 g/mol. The molecule has 0 radical (unpaired) electrons. The van der Waals surface area contributed by atoms with E-state index in [4.69, 9.17) is 0 Å². The minimum absolute atomic E-state index is 0.112. The molecular weight excluding hydrogens is 304 g/mol. The number of nitro groups is 1. The fourth-order valence-electron chi connectivity index (χ4n) is 2.07. The highest BCUT2D eigenvalue weighted by atomic mass is 32.1. The molecule has 2 N–H and O–H groups in total. The lowest BCUT2D eigenvalue weighted by Crippen LogP contribution is -2.05. The maximum Gasteiger partial charge on any atom is 0.353 e. The number of fused-ring (bicyclic) bond motifs is 1. The van der Waals surface area contributed by atoms with E-state index in [0.29, 0.717) is 5.13 Å². The molecule has 22 heavy (non-hydrogen) atoms. The van der Waals surface area contributed by atoms with Gasteiger partial charge in [0.05, 0.1) is 15.1 Å². The third-order valence-corrected chi connectivity index (χ3v) is 4.02. The van der Waals surface area contributed by atoms with E-state index < -0.39 is 4.92 Å². The van der Waals surface area contributed by atoms with E-state index in [2.05, 4.69) is 25.6 Å². The van der Waals surface area contributed by atoms with Crippen LogP contribution in [0.2, 0.25) is 0 Å². The topological polar surface area (TPSA) is 106 Å². The van der Waals surface area contributed by atoms with Gasteiger partial charge in [0, 0.05) is 7.05 Å². The maximum atomic E-state index is 11.2. The molecule has 9 heteroatoms. The zero-order valence-electron chi connectivity index (χ0n) is 11.8. The van der Waals surface area contributed by atoms with Gasteiger partial charge in [-0.05, 0) is 18.6 Å². The van der Waals surface area contributed by atoms with Crippen molar-refractivity contribution in [2.45, 2.75) is 6.92 Å². The highest BCUT2D eigenvalue weighted by Crippen LogP contribution is 2.34. The molecule has 0 saturated carbocycles. The lowest BCUT2D eigenvalue weighted by molar-refractivity contribution is -0.383. The van der Waals surface area contributed by atoms with Crippen LogP contribution in [-0.2, 0) is 0 Å². The van der Waals surface area contributed by atoms with Crippen molar-refractivity contribution in [3.8, 4) is 0 Å². The fourth-order valence-corrected chi connectivity index (χ4v) is 3.01. The first-order valence-corrected chi connectivity index (χ1v) is 7.22. The molecule has 8 nitrogen and oxygen atoms in total. The SMILES string of the molecule is CNc1ncnc(Nc2nc3c(C)cccc3s2)c1[N+](=O)[O-]. The second-order valence-corrected chi connectivity index (χ2v) is 5.52. The van der Waals surface area contributed by atoms with Gasteiger partial charge < -0.3 is 10.6 Å². The number of para-hydroxylation sites is 1. The Kier molecular flexibility index (Phi) is 3.55. The Morgan fingerprint density at radius 2 is 2.05 bits per heavy atom. The molecular formula is C13H12N6O2S. The standard InChI is InChI=1S/C13H12N6O2S/c1-7-4-3-5-8-9(7)17-13(22-8)18-12-10(19(20)21)11(14-2)15-6-16-12/h3-6H,1-2H3,(H2,14,15,16,17,18). The summed E-state index contributed by atoms with van der Waals surface area (Å²) in [4.78, 5) is 23.0. The van der Waals surface area contributed by atoms with E-state index in [9.17, 15) is 10.1 Å². The van der Waals surface area contributed by atoms with E-state index >= 15 is 0 Å². The summed E-state index contributed by atoms with van der Waals surface area (Å²) in [5.41, 5.74) is 1.72. The number of rotatable bonds is 4. The van der Waals surface area contributed by atoms with E-state index in [0.717, 1.165) is 15.8 Å². The molecule has 3 rings (SSSR count). The number of nitrogens with zero attached hydrogens (tertiary/aromatic N) is 4. The number of aryl methyl sites for hydroxylation is 1. The lowest BCUT2D eigenvalue weighted by Gasteiger charge is -2.05. The third kappa shape index (κ3) is 2.42. The van der Waals surface area contributed by atoms with Crippen LogP contribution in [0.5, 0.6) is 0 Å². The molecule has 2 heterocycles. The number of nitrogens with one attached hydrogen (secondary N) is 2. The first-order valence-electron chi connectivity index (χ1n) is 6.40. The van der Waals surface area contributed by atoms with Gasteiger partial charge in [-0.2, -0.15) is 0 Å². The molecule has 1 aromatic carbocycles. The second-order valence-electron chi connectivity index (χ2n) is 4.49. The Morgan fingerprint density at radius 1 is 1.27 bits per heavy atom. The van der Waals surface area contributed by atoms with Crippen molar-refractivity contribution in [3.05, 3.63) is 40.2 Å². The van der Waals surface area contributed by atoms with Crippen LogP contribution < -0.4 is 10.6 Å². The largest absolute Gasteiger partial charge is 0.367 e. The Hall–Kier alpha value is -2.81. The van der Waals surface area contributed by atoms with Crippen LogP contribution in [0.4, 0.5) is 22.5 Å². The number of aromatic nitrogens is 3. The molecule has 0 aliphatic carbocycles. The summed E-state index contributed by atoms with van der Waals surface area (Å²) in [6.45, 7) is 1.97. The minimum Gasteiger partial charge on any atom is -0.367 e. The minimum atomic E-state index is -0.521. The summed E-state index contributed by atoms with van der Waals surface area (Å²) in [5.74, 6) is 0.265. The van der Waals surface area contributed by atoms with E-state index in [-0.39, 0.29) is 17.3 Å². The van der Waals surface area contributed by atoms with Gasteiger partial charge in [-0.3, -0.25) is 10.1 Å². The van der Waals surface area contributed by atoms with Gasteiger partial charge in [0.15, 0.2) is 5.13 Å². The second kappa shape index (κ2) is 5.53. The predicted octanol–water partition coefficient (Wildman–Crippen LogP) is 3.09.